The Morgan fingerprint density at radius 1 is 1.56 bits per heavy atom. The molecule has 1 unspecified atom stereocenters. The summed E-state index contributed by atoms with van der Waals surface area (Å²) in [7, 11) is 0. The Labute approximate surface area is 113 Å². The molecule has 4 heteroatoms. The predicted octanol–water partition coefficient (Wildman–Crippen LogP) is 1.85. The minimum atomic E-state index is 0.102. The highest BCUT2D eigenvalue weighted by Gasteiger charge is 2.28. The third-order valence-electron chi connectivity index (χ3n) is 3.54. The number of hydrogen-bond acceptors (Lipinski definition) is 2. The van der Waals surface area contributed by atoms with Crippen molar-refractivity contribution in [2.75, 3.05) is 19.6 Å². The molecule has 3 nitrogen and oxygen atoms in total. The van der Waals surface area contributed by atoms with Crippen molar-refractivity contribution in [3.63, 3.8) is 0 Å². The number of carbonyl (C=O) groups is 1. The third-order valence-corrected chi connectivity index (χ3v) is 3.77. The van der Waals surface area contributed by atoms with Gasteiger partial charge in [-0.25, -0.2) is 0 Å². The highest BCUT2D eigenvalue weighted by Crippen LogP contribution is 2.15. The highest BCUT2D eigenvalue weighted by atomic mass is 35.5. The first-order valence-corrected chi connectivity index (χ1v) is 6.77. The van der Waals surface area contributed by atoms with Crippen LogP contribution in [0, 0.1) is 11.8 Å². The van der Waals surface area contributed by atoms with Crippen LogP contribution in [0.15, 0.2) is 24.3 Å². The van der Waals surface area contributed by atoms with E-state index >= 15 is 0 Å². The van der Waals surface area contributed by atoms with Gasteiger partial charge in [-0.2, -0.15) is 0 Å². The van der Waals surface area contributed by atoms with Crippen molar-refractivity contribution in [2.24, 2.45) is 11.8 Å². The molecule has 0 saturated carbocycles. The molecule has 1 aromatic rings. The summed E-state index contributed by atoms with van der Waals surface area (Å²) in [5, 5.41) is 6.92. The average molecular weight is 267 g/mol. The second-order valence-electron chi connectivity index (χ2n) is 4.88. The molecule has 1 aliphatic heterocycles. The van der Waals surface area contributed by atoms with E-state index in [2.05, 4.69) is 10.6 Å². The first kappa shape index (κ1) is 13.4. The van der Waals surface area contributed by atoms with E-state index in [4.69, 9.17) is 11.6 Å². The topological polar surface area (TPSA) is 41.1 Å². The Balaban J connectivity index is 1.73. The van der Waals surface area contributed by atoms with Gasteiger partial charge in [0.15, 0.2) is 0 Å². The summed E-state index contributed by atoms with van der Waals surface area (Å²) >= 11 is 5.91. The largest absolute Gasteiger partial charge is 0.356 e. The van der Waals surface area contributed by atoms with E-state index in [0.29, 0.717) is 12.5 Å². The van der Waals surface area contributed by atoms with E-state index < -0.39 is 0 Å². The predicted molar refractivity (Wildman–Crippen MR) is 73.7 cm³/mol. The van der Waals surface area contributed by atoms with E-state index in [1.165, 1.54) is 0 Å². The van der Waals surface area contributed by atoms with Crippen LogP contribution < -0.4 is 10.6 Å². The molecule has 1 fully saturated rings. The van der Waals surface area contributed by atoms with E-state index in [0.717, 1.165) is 30.1 Å². The highest BCUT2D eigenvalue weighted by molar-refractivity contribution is 6.30. The molecule has 1 aromatic carbocycles. The summed E-state index contributed by atoms with van der Waals surface area (Å²) in [6.45, 7) is 4.59. The quantitative estimate of drug-likeness (QED) is 0.854. The zero-order chi connectivity index (χ0) is 13.0. The lowest BCUT2D eigenvalue weighted by Crippen LogP contribution is -2.49. The summed E-state index contributed by atoms with van der Waals surface area (Å²) in [6, 6.07) is 7.75. The van der Waals surface area contributed by atoms with Gasteiger partial charge in [0.25, 0.3) is 0 Å². The number of amides is 1. The molecule has 2 N–H and O–H groups in total. The van der Waals surface area contributed by atoms with Gasteiger partial charge >= 0.3 is 0 Å². The van der Waals surface area contributed by atoms with E-state index in [-0.39, 0.29) is 11.8 Å². The molecule has 18 heavy (non-hydrogen) atoms. The number of halogens is 1. The van der Waals surface area contributed by atoms with Gasteiger partial charge in [-0.1, -0.05) is 30.7 Å². The number of rotatable bonds is 5. The maximum Gasteiger partial charge on any atom is 0.223 e. The Kier molecular flexibility index (Phi) is 4.61. The number of hydrogen-bond donors (Lipinski definition) is 2. The first-order chi connectivity index (χ1) is 8.66. The lowest BCUT2D eigenvalue weighted by molar-refractivity contribution is -0.126. The molecular formula is C14H19ClN2O. The minimum Gasteiger partial charge on any atom is -0.356 e. The summed E-state index contributed by atoms with van der Waals surface area (Å²) in [5.74, 6) is 0.755. The van der Waals surface area contributed by atoms with Crippen LogP contribution in [0.5, 0.6) is 0 Å². The van der Waals surface area contributed by atoms with Crippen molar-refractivity contribution in [3.8, 4) is 0 Å². The molecule has 1 heterocycles. The molecule has 0 aromatic heterocycles. The van der Waals surface area contributed by atoms with Gasteiger partial charge in [0, 0.05) is 17.5 Å². The van der Waals surface area contributed by atoms with Gasteiger partial charge in [-0.05, 0) is 43.1 Å². The molecule has 0 bridgehead atoms. The van der Waals surface area contributed by atoms with Crippen LogP contribution >= 0.6 is 11.6 Å². The molecule has 0 radical (unpaired) electrons. The minimum absolute atomic E-state index is 0.102. The zero-order valence-corrected chi connectivity index (χ0v) is 11.3. The first-order valence-electron chi connectivity index (χ1n) is 6.39. The van der Waals surface area contributed by atoms with E-state index in [1.807, 2.05) is 31.2 Å². The lowest BCUT2D eigenvalue weighted by Gasteiger charge is -2.31. The smallest absolute Gasteiger partial charge is 0.223 e. The molecule has 1 atom stereocenters. The summed E-state index contributed by atoms with van der Waals surface area (Å²) in [4.78, 5) is 11.9. The van der Waals surface area contributed by atoms with E-state index in [9.17, 15) is 4.79 Å². The molecule has 98 valence electrons. The van der Waals surface area contributed by atoms with Crippen LogP contribution in [0.25, 0.3) is 0 Å². The Morgan fingerprint density at radius 3 is 2.94 bits per heavy atom. The van der Waals surface area contributed by atoms with Crippen LogP contribution in [0.2, 0.25) is 5.02 Å². The Morgan fingerprint density at radius 2 is 2.33 bits per heavy atom. The van der Waals surface area contributed by atoms with Crippen molar-refractivity contribution in [2.45, 2.75) is 13.3 Å². The van der Waals surface area contributed by atoms with Crippen LogP contribution in [0.1, 0.15) is 12.5 Å². The molecule has 0 spiro atoms. The third kappa shape index (κ3) is 3.47. The van der Waals surface area contributed by atoms with Crippen LogP contribution in [-0.4, -0.2) is 25.5 Å². The fourth-order valence-electron chi connectivity index (χ4n) is 2.06. The Bertz CT molecular complexity index is 418. The van der Waals surface area contributed by atoms with Gasteiger partial charge in [-0.15, -0.1) is 0 Å². The summed E-state index contributed by atoms with van der Waals surface area (Å²) in [6.07, 6.45) is 0.821. The van der Waals surface area contributed by atoms with Crippen molar-refractivity contribution in [1.29, 1.82) is 0 Å². The SMILES string of the molecule is CC(C(=O)NCCc1cccc(Cl)c1)C1CNC1. The van der Waals surface area contributed by atoms with Crippen molar-refractivity contribution >= 4 is 17.5 Å². The molecule has 0 aliphatic carbocycles. The second-order valence-corrected chi connectivity index (χ2v) is 5.31. The van der Waals surface area contributed by atoms with Gasteiger partial charge < -0.3 is 10.6 Å². The number of nitrogens with one attached hydrogen (secondary N) is 2. The molecule has 2 rings (SSSR count). The molecular weight excluding hydrogens is 248 g/mol. The normalized spacial score (nSPS) is 17.0. The fourth-order valence-corrected chi connectivity index (χ4v) is 2.28. The van der Waals surface area contributed by atoms with Crippen LogP contribution in [0.3, 0.4) is 0 Å². The number of carbonyl (C=O) groups excluding carboxylic acids is 1. The second kappa shape index (κ2) is 6.21. The van der Waals surface area contributed by atoms with Crippen LogP contribution in [-0.2, 0) is 11.2 Å². The monoisotopic (exact) mass is 266 g/mol. The lowest BCUT2D eigenvalue weighted by atomic mass is 9.88. The maximum atomic E-state index is 11.9. The fraction of sp³-hybridized carbons (Fsp3) is 0.500. The Hall–Kier alpha value is -1.06. The zero-order valence-electron chi connectivity index (χ0n) is 10.6. The van der Waals surface area contributed by atoms with Crippen molar-refractivity contribution < 1.29 is 4.79 Å². The van der Waals surface area contributed by atoms with Gasteiger partial charge in [0.05, 0.1) is 0 Å². The van der Waals surface area contributed by atoms with Gasteiger partial charge in [0.1, 0.15) is 0 Å². The molecule has 1 aliphatic rings. The standard InChI is InChI=1S/C14H19ClN2O/c1-10(12-8-16-9-12)14(18)17-6-5-11-3-2-4-13(15)7-11/h2-4,7,10,12,16H,5-6,8-9H2,1H3,(H,17,18). The van der Waals surface area contributed by atoms with Crippen molar-refractivity contribution in [1.82, 2.24) is 10.6 Å². The van der Waals surface area contributed by atoms with Gasteiger partial charge in [0.2, 0.25) is 5.91 Å². The number of benzene rings is 1. The van der Waals surface area contributed by atoms with Crippen LogP contribution in [0.4, 0.5) is 0 Å². The summed E-state index contributed by atoms with van der Waals surface area (Å²) in [5.41, 5.74) is 1.15. The maximum absolute atomic E-state index is 11.9. The summed E-state index contributed by atoms with van der Waals surface area (Å²) < 4.78 is 0. The average Bonchev–Trinajstić information content (AvgIpc) is 2.26. The van der Waals surface area contributed by atoms with Gasteiger partial charge in [-0.3, -0.25) is 4.79 Å². The molecule has 1 saturated heterocycles. The van der Waals surface area contributed by atoms with E-state index in [1.54, 1.807) is 0 Å². The van der Waals surface area contributed by atoms with Crippen molar-refractivity contribution in [3.05, 3.63) is 34.9 Å². The molecule has 1 amide bonds.